The van der Waals surface area contributed by atoms with Gasteiger partial charge in [0.2, 0.25) is 0 Å². The molecule has 0 fully saturated rings. The third-order valence-corrected chi connectivity index (χ3v) is 6.58. The predicted octanol–water partition coefficient (Wildman–Crippen LogP) is 4.44. The lowest BCUT2D eigenvalue weighted by Gasteiger charge is -2.29. The van der Waals surface area contributed by atoms with Crippen molar-refractivity contribution in [2.45, 2.75) is 17.9 Å². The van der Waals surface area contributed by atoms with E-state index in [1.54, 1.807) is 47.2 Å². The number of nitrogens with zero attached hydrogens (tertiary/aromatic N) is 4. The third kappa shape index (κ3) is 4.58. The van der Waals surface area contributed by atoms with Gasteiger partial charge in [0, 0.05) is 35.9 Å². The number of carbonyl (C=O) groups is 2. The molecular formula is C26H23N5O2S. The van der Waals surface area contributed by atoms with Crippen LogP contribution in [-0.2, 0) is 13.0 Å². The summed E-state index contributed by atoms with van der Waals surface area (Å²) in [6.45, 7) is 1.34. The maximum absolute atomic E-state index is 13.1. The summed E-state index contributed by atoms with van der Waals surface area (Å²) in [6, 6.07) is 17.2. The van der Waals surface area contributed by atoms with Crippen LogP contribution in [0.1, 0.15) is 31.8 Å². The normalized spacial score (nSPS) is 12.8. The van der Waals surface area contributed by atoms with Crippen LogP contribution in [0.4, 0.5) is 5.69 Å². The second-order valence-electron chi connectivity index (χ2n) is 8.03. The molecule has 2 amide bonds. The minimum absolute atomic E-state index is 0.0241. The van der Waals surface area contributed by atoms with E-state index in [0.717, 1.165) is 12.1 Å². The van der Waals surface area contributed by atoms with Crippen LogP contribution >= 0.6 is 11.8 Å². The van der Waals surface area contributed by atoms with Gasteiger partial charge in [0.15, 0.2) is 0 Å². The van der Waals surface area contributed by atoms with Crippen LogP contribution in [0.15, 0.2) is 84.3 Å². The number of carbonyl (C=O) groups excluding carboxylic acids is 2. The molecule has 5 rings (SSSR count). The van der Waals surface area contributed by atoms with E-state index in [-0.39, 0.29) is 11.8 Å². The highest BCUT2D eigenvalue weighted by Crippen LogP contribution is 2.25. The third-order valence-electron chi connectivity index (χ3n) is 5.86. The van der Waals surface area contributed by atoms with Crippen LogP contribution in [0, 0.1) is 0 Å². The summed E-state index contributed by atoms with van der Waals surface area (Å²) in [5, 5.41) is 7.14. The molecule has 0 bridgehead atoms. The Kier molecular flexibility index (Phi) is 6.14. The molecule has 1 aliphatic rings. The Morgan fingerprint density at radius 2 is 1.85 bits per heavy atom. The maximum atomic E-state index is 13.1. The van der Waals surface area contributed by atoms with E-state index >= 15 is 0 Å². The fourth-order valence-electron chi connectivity index (χ4n) is 4.00. The minimum Gasteiger partial charge on any atom is -0.334 e. The van der Waals surface area contributed by atoms with Gasteiger partial charge < -0.3 is 10.2 Å². The fraction of sp³-hybridized carbons (Fsp3) is 0.154. The first kappa shape index (κ1) is 21.9. The highest BCUT2D eigenvalue weighted by atomic mass is 32.2. The highest BCUT2D eigenvalue weighted by molar-refractivity contribution is 7.98. The standard InChI is InChI=1S/C26H23N5O2S/c1-34-24-9-6-21-16-30(12-10-19(21)13-24)26(33)18-4-7-23(8-5-18)31-17-22(15-28-31)29-25(32)20-3-2-11-27-14-20/h2-9,11,13-15,17H,10,12,16H2,1H3,(H,29,32). The minimum atomic E-state index is -0.249. The van der Waals surface area contributed by atoms with E-state index in [1.165, 1.54) is 22.2 Å². The van der Waals surface area contributed by atoms with Gasteiger partial charge in [0.25, 0.3) is 11.8 Å². The number of nitrogens with one attached hydrogen (secondary N) is 1. The molecule has 34 heavy (non-hydrogen) atoms. The number of pyridine rings is 1. The van der Waals surface area contributed by atoms with Crippen LogP contribution < -0.4 is 5.32 Å². The van der Waals surface area contributed by atoms with Gasteiger partial charge in [-0.25, -0.2) is 4.68 Å². The first-order valence-electron chi connectivity index (χ1n) is 10.9. The molecule has 0 atom stereocenters. The number of amides is 2. The van der Waals surface area contributed by atoms with Crippen molar-refractivity contribution in [3.63, 3.8) is 0 Å². The number of benzene rings is 2. The lowest BCUT2D eigenvalue weighted by Crippen LogP contribution is -2.35. The van der Waals surface area contributed by atoms with Crippen LogP contribution in [0.3, 0.4) is 0 Å². The molecule has 170 valence electrons. The monoisotopic (exact) mass is 469 g/mol. The first-order chi connectivity index (χ1) is 16.6. The average Bonchev–Trinajstić information content (AvgIpc) is 3.36. The summed E-state index contributed by atoms with van der Waals surface area (Å²) >= 11 is 1.74. The number of fused-ring (bicyclic) bond motifs is 1. The van der Waals surface area contributed by atoms with Gasteiger partial charge in [-0.2, -0.15) is 5.10 Å². The smallest absolute Gasteiger partial charge is 0.257 e. The molecular weight excluding hydrogens is 446 g/mol. The average molecular weight is 470 g/mol. The van der Waals surface area contributed by atoms with E-state index in [9.17, 15) is 9.59 Å². The molecule has 0 saturated carbocycles. The van der Waals surface area contributed by atoms with E-state index in [2.05, 4.69) is 39.9 Å². The Morgan fingerprint density at radius 3 is 2.62 bits per heavy atom. The van der Waals surface area contributed by atoms with Crippen LogP contribution in [0.5, 0.6) is 0 Å². The van der Waals surface area contributed by atoms with E-state index < -0.39 is 0 Å². The van der Waals surface area contributed by atoms with Gasteiger partial charge in [-0.05, 0) is 72.3 Å². The number of hydrogen-bond donors (Lipinski definition) is 1. The fourth-order valence-corrected chi connectivity index (χ4v) is 4.46. The first-order valence-corrected chi connectivity index (χ1v) is 12.1. The van der Waals surface area contributed by atoms with E-state index in [0.29, 0.717) is 29.9 Å². The summed E-state index contributed by atoms with van der Waals surface area (Å²) in [4.78, 5) is 32.5. The van der Waals surface area contributed by atoms with Crippen molar-refractivity contribution in [2.24, 2.45) is 0 Å². The van der Waals surface area contributed by atoms with E-state index in [4.69, 9.17) is 0 Å². The molecule has 1 aliphatic heterocycles. The summed E-state index contributed by atoms with van der Waals surface area (Å²) in [5.41, 5.74) is 5.04. The van der Waals surface area contributed by atoms with Gasteiger partial charge in [-0.1, -0.05) is 6.07 Å². The zero-order chi connectivity index (χ0) is 23.5. The number of hydrogen-bond acceptors (Lipinski definition) is 5. The summed E-state index contributed by atoms with van der Waals surface area (Å²) in [6.07, 6.45) is 9.39. The number of anilines is 1. The largest absolute Gasteiger partial charge is 0.334 e. The predicted molar refractivity (Wildman–Crippen MR) is 132 cm³/mol. The Bertz CT molecular complexity index is 1340. The van der Waals surface area contributed by atoms with Crippen LogP contribution in [0.25, 0.3) is 5.69 Å². The Morgan fingerprint density at radius 1 is 1.00 bits per heavy atom. The summed E-state index contributed by atoms with van der Waals surface area (Å²) in [5.74, 6) is -0.225. The molecule has 0 spiro atoms. The zero-order valence-electron chi connectivity index (χ0n) is 18.6. The van der Waals surface area contributed by atoms with Crippen LogP contribution in [-0.4, -0.2) is 44.3 Å². The molecule has 0 aliphatic carbocycles. The molecule has 2 aromatic carbocycles. The summed E-state index contributed by atoms with van der Waals surface area (Å²) < 4.78 is 1.66. The lowest BCUT2D eigenvalue weighted by atomic mass is 9.99. The lowest BCUT2D eigenvalue weighted by molar-refractivity contribution is 0.0734. The van der Waals surface area contributed by atoms with Gasteiger partial charge in [-0.15, -0.1) is 11.8 Å². The van der Waals surface area contributed by atoms with Gasteiger partial charge >= 0.3 is 0 Å². The zero-order valence-corrected chi connectivity index (χ0v) is 19.5. The second kappa shape index (κ2) is 9.52. The molecule has 0 unspecified atom stereocenters. The SMILES string of the molecule is CSc1ccc2c(c1)CCN(C(=O)c1ccc(-n3cc(NC(=O)c4cccnc4)cn3)cc1)C2. The van der Waals surface area contributed by atoms with Gasteiger partial charge in [-0.3, -0.25) is 14.6 Å². The summed E-state index contributed by atoms with van der Waals surface area (Å²) in [7, 11) is 0. The Balaban J connectivity index is 1.25. The van der Waals surface area contributed by atoms with Crippen molar-refractivity contribution >= 4 is 29.3 Å². The van der Waals surface area contributed by atoms with Gasteiger partial charge in [0.05, 0.1) is 29.3 Å². The molecule has 1 N–H and O–H groups in total. The Labute approximate surface area is 201 Å². The molecule has 0 saturated heterocycles. The van der Waals surface area contributed by atoms with Crippen molar-refractivity contribution in [3.8, 4) is 5.69 Å². The number of rotatable bonds is 5. The van der Waals surface area contributed by atoms with Gasteiger partial charge in [0.1, 0.15) is 0 Å². The van der Waals surface area contributed by atoms with Crippen molar-refractivity contribution in [1.82, 2.24) is 19.7 Å². The van der Waals surface area contributed by atoms with Crippen LogP contribution in [0.2, 0.25) is 0 Å². The molecule has 3 heterocycles. The molecule has 4 aromatic rings. The number of thioether (sulfide) groups is 1. The number of aromatic nitrogens is 3. The quantitative estimate of drug-likeness (QED) is 0.437. The van der Waals surface area contributed by atoms with Crippen molar-refractivity contribution in [3.05, 3.63) is 102 Å². The molecule has 2 aromatic heterocycles. The Hall–Kier alpha value is -3.91. The highest BCUT2D eigenvalue weighted by Gasteiger charge is 2.22. The molecule has 7 nitrogen and oxygen atoms in total. The molecule has 8 heteroatoms. The van der Waals surface area contributed by atoms with E-state index in [1.807, 2.05) is 29.2 Å². The van der Waals surface area contributed by atoms with Crippen molar-refractivity contribution < 1.29 is 9.59 Å². The molecule has 0 radical (unpaired) electrons. The topological polar surface area (TPSA) is 80.1 Å². The maximum Gasteiger partial charge on any atom is 0.257 e. The van der Waals surface area contributed by atoms with Crippen molar-refractivity contribution in [1.29, 1.82) is 0 Å². The van der Waals surface area contributed by atoms with Crippen molar-refractivity contribution in [2.75, 3.05) is 18.1 Å². The second-order valence-corrected chi connectivity index (χ2v) is 8.91.